The number of benzene rings is 2. The molecule has 2 aromatic rings. The Hall–Kier alpha value is -2.29. The first-order valence-electron chi connectivity index (χ1n) is 6.13. The smallest absolute Gasteiger partial charge is 0.142 e. The largest absolute Gasteiger partial charge is 0.497 e. The number of methoxy groups -OCH3 is 1. The highest BCUT2D eigenvalue weighted by molar-refractivity contribution is 5.79. The molecule has 0 aromatic heterocycles. The Morgan fingerprint density at radius 1 is 1.11 bits per heavy atom. The van der Waals surface area contributed by atoms with Crippen molar-refractivity contribution >= 4 is 6.21 Å². The van der Waals surface area contributed by atoms with E-state index >= 15 is 0 Å². The van der Waals surface area contributed by atoms with Crippen molar-refractivity contribution in [1.82, 2.24) is 0 Å². The fourth-order valence-corrected chi connectivity index (χ4v) is 1.70. The summed E-state index contributed by atoms with van der Waals surface area (Å²) in [5.41, 5.74) is 3.32. The molecule has 0 atom stereocenters. The van der Waals surface area contributed by atoms with Gasteiger partial charge in [-0.05, 0) is 42.3 Å². The number of ether oxygens (including phenoxy) is 1. The van der Waals surface area contributed by atoms with Gasteiger partial charge in [-0.3, -0.25) is 0 Å². The Labute approximate surface area is 113 Å². The predicted octanol–water partition coefficient (Wildman–Crippen LogP) is 3.55. The molecule has 0 aliphatic rings. The molecule has 0 spiro atoms. The zero-order chi connectivity index (χ0) is 13.5. The first-order chi connectivity index (χ1) is 9.28. The van der Waals surface area contributed by atoms with Crippen LogP contribution in [0.15, 0.2) is 53.7 Å². The van der Waals surface area contributed by atoms with E-state index in [2.05, 4.69) is 24.2 Å². The second-order valence-corrected chi connectivity index (χ2v) is 4.27. The average molecular weight is 255 g/mol. The molecule has 2 rings (SSSR count). The number of rotatable bonds is 5. The SMILES string of the molecule is COc1ccc(C=NOCc2cccc(C)c2)cc1. The molecule has 0 bridgehead atoms. The van der Waals surface area contributed by atoms with Crippen LogP contribution in [0.2, 0.25) is 0 Å². The van der Waals surface area contributed by atoms with Crippen LogP contribution in [0.3, 0.4) is 0 Å². The van der Waals surface area contributed by atoms with Crippen molar-refractivity contribution in [3.63, 3.8) is 0 Å². The van der Waals surface area contributed by atoms with Crippen molar-refractivity contribution in [3.05, 3.63) is 65.2 Å². The van der Waals surface area contributed by atoms with Gasteiger partial charge in [-0.15, -0.1) is 0 Å². The summed E-state index contributed by atoms with van der Waals surface area (Å²) in [6.45, 7) is 2.54. The highest BCUT2D eigenvalue weighted by Gasteiger charge is 1.93. The topological polar surface area (TPSA) is 30.8 Å². The molecular weight excluding hydrogens is 238 g/mol. The van der Waals surface area contributed by atoms with E-state index in [1.807, 2.05) is 36.4 Å². The third-order valence-electron chi connectivity index (χ3n) is 2.71. The van der Waals surface area contributed by atoms with Gasteiger partial charge in [0.15, 0.2) is 0 Å². The monoisotopic (exact) mass is 255 g/mol. The van der Waals surface area contributed by atoms with Gasteiger partial charge >= 0.3 is 0 Å². The maximum absolute atomic E-state index is 5.27. The van der Waals surface area contributed by atoms with E-state index in [0.717, 1.165) is 16.9 Å². The Kier molecular flexibility index (Phi) is 4.56. The Bertz CT molecular complexity index is 547. The normalized spacial score (nSPS) is 10.6. The maximum Gasteiger partial charge on any atom is 0.142 e. The highest BCUT2D eigenvalue weighted by atomic mass is 16.6. The van der Waals surface area contributed by atoms with Crippen LogP contribution >= 0.6 is 0 Å². The van der Waals surface area contributed by atoms with Gasteiger partial charge in [-0.2, -0.15) is 0 Å². The number of aryl methyl sites for hydroxylation is 1. The van der Waals surface area contributed by atoms with Crippen LogP contribution in [0.25, 0.3) is 0 Å². The second-order valence-electron chi connectivity index (χ2n) is 4.27. The third-order valence-corrected chi connectivity index (χ3v) is 2.71. The third kappa shape index (κ3) is 4.14. The minimum atomic E-state index is 0.480. The van der Waals surface area contributed by atoms with Crippen molar-refractivity contribution in [1.29, 1.82) is 0 Å². The van der Waals surface area contributed by atoms with Gasteiger partial charge in [-0.1, -0.05) is 35.0 Å². The Balaban J connectivity index is 1.86. The second kappa shape index (κ2) is 6.59. The summed E-state index contributed by atoms with van der Waals surface area (Å²) < 4.78 is 5.09. The summed E-state index contributed by atoms with van der Waals surface area (Å²) in [6, 6.07) is 15.8. The van der Waals surface area contributed by atoms with Crippen LogP contribution in [-0.4, -0.2) is 13.3 Å². The summed E-state index contributed by atoms with van der Waals surface area (Å²) in [4.78, 5) is 5.27. The van der Waals surface area contributed by atoms with E-state index in [9.17, 15) is 0 Å². The molecule has 0 amide bonds. The van der Waals surface area contributed by atoms with Crippen molar-refractivity contribution in [3.8, 4) is 5.75 Å². The van der Waals surface area contributed by atoms with E-state index in [-0.39, 0.29) is 0 Å². The number of hydrogen-bond acceptors (Lipinski definition) is 3. The summed E-state index contributed by atoms with van der Waals surface area (Å²) in [5, 5.41) is 3.96. The minimum absolute atomic E-state index is 0.480. The van der Waals surface area contributed by atoms with Gasteiger partial charge in [0.25, 0.3) is 0 Å². The highest BCUT2D eigenvalue weighted by Crippen LogP contribution is 2.10. The average Bonchev–Trinajstić information content (AvgIpc) is 2.44. The van der Waals surface area contributed by atoms with Gasteiger partial charge < -0.3 is 9.57 Å². The van der Waals surface area contributed by atoms with Gasteiger partial charge in [0.1, 0.15) is 12.4 Å². The lowest BCUT2D eigenvalue weighted by Gasteiger charge is -2.01. The Morgan fingerprint density at radius 3 is 2.58 bits per heavy atom. The van der Waals surface area contributed by atoms with Crippen LogP contribution in [0, 0.1) is 6.92 Å². The molecule has 3 heteroatoms. The van der Waals surface area contributed by atoms with Crippen molar-refractivity contribution in [2.24, 2.45) is 5.16 Å². The minimum Gasteiger partial charge on any atom is -0.497 e. The van der Waals surface area contributed by atoms with Crippen molar-refractivity contribution in [2.75, 3.05) is 7.11 Å². The molecule has 0 saturated heterocycles. The first-order valence-corrected chi connectivity index (χ1v) is 6.13. The van der Waals surface area contributed by atoms with Crippen LogP contribution in [0.1, 0.15) is 16.7 Å². The number of nitrogens with zero attached hydrogens (tertiary/aromatic N) is 1. The van der Waals surface area contributed by atoms with Gasteiger partial charge in [-0.25, -0.2) is 0 Å². The Morgan fingerprint density at radius 2 is 1.89 bits per heavy atom. The van der Waals surface area contributed by atoms with Crippen molar-refractivity contribution < 1.29 is 9.57 Å². The van der Waals surface area contributed by atoms with Gasteiger partial charge in [0, 0.05) is 0 Å². The van der Waals surface area contributed by atoms with Crippen LogP contribution in [0.5, 0.6) is 5.75 Å². The standard InChI is InChI=1S/C16H17NO2/c1-13-4-3-5-15(10-13)12-19-17-11-14-6-8-16(18-2)9-7-14/h3-11H,12H2,1-2H3. The predicted molar refractivity (Wildman–Crippen MR) is 76.6 cm³/mol. The molecule has 0 saturated carbocycles. The fraction of sp³-hybridized carbons (Fsp3) is 0.188. The molecule has 19 heavy (non-hydrogen) atoms. The number of oxime groups is 1. The summed E-state index contributed by atoms with van der Waals surface area (Å²) >= 11 is 0. The number of hydrogen-bond donors (Lipinski definition) is 0. The zero-order valence-electron chi connectivity index (χ0n) is 11.2. The van der Waals surface area contributed by atoms with Crippen LogP contribution in [-0.2, 0) is 11.4 Å². The molecule has 0 aliphatic heterocycles. The van der Waals surface area contributed by atoms with E-state index < -0.39 is 0 Å². The molecule has 0 unspecified atom stereocenters. The quantitative estimate of drug-likeness (QED) is 0.604. The summed E-state index contributed by atoms with van der Waals surface area (Å²) in [5.74, 6) is 0.831. The molecule has 0 fully saturated rings. The first kappa shape index (κ1) is 13.1. The molecule has 3 nitrogen and oxygen atoms in total. The molecule has 0 N–H and O–H groups in total. The lowest BCUT2D eigenvalue weighted by molar-refractivity contribution is 0.132. The molecular formula is C16H17NO2. The van der Waals surface area contributed by atoms with Gasteiger partial charge in [0.2, 0.25) is 0 Å². The summed E-state index contributed by atoms with van der Waals surface area (Å²) in [6.07, 6.45) is 1.69. The van der Waals surface area contributed by atoms with Crippen LogP contribution in [0.4, 0.5) is 0 Å². The van der Waals surface area contributed by atoms with E-state index in [4.69, 9.17) is 9.57 Å². The van der Waals surface area contributed by atoms with Crippen LogP contribution < -0.4 is 4.74 Å². The van der Waals surface area contributed by atoms with E-state index in [0.29, 0.717) is 6.61 Å². The lowest BCUT2D eigenvalue weighted by atomic mass is 10.1. The molecule has 2 aromatic carbocycles. The zero-order valence-corrected chi connectivity index (χ0v) is 11.2. The molecule has 98 valence electrons. The molecule has 0 heterocycles. The lowest BCUT2D eigenvalue weighted by Crippen LogP contribution is -1.89. The van der Waals surface area contributed by atoms with Crippen molar-refractivity contribution in [2.45, 2.75) is 13.5 Å². The molecule has 0 radical (unpaired) electrons. The fourth-order valence-electron chi connectivity index (χ4n) is 1.70. The molecule has 0 aliphatic carbocycles. The summed E-state index contributed by atoms with van der Waals surface area (Å²) in [7, 11) is 1.65. The maximum atomic E-state index is 5.27. The van der Waals surface area contributed by atoms with E-state index in [1.54, 1.807) is 13.3 Å². The van der Waals surface area contributed by atoms with Gasteiger partial charge in [0.05, 0.1) is 13.3 Å². The van der Waals surface area contributed by atoms with E-state index in [1.165, 1.54) is 5.56 Å².